The molecule has 0 amide bonds. The molecule has 2 rings (SSSR count). The fourth-order valence-corrected chi connectivity index (χ4v) is 2.23. The number of hydrogen-bond acceptors (Lipinski definition) is 5. The quantitative estimate of drug-likeness (QED) is 0.696. The molecule has 0 aromatic carbocycles. The third-order valence-electron chi connectivity index (χ3n) is 1.99. The molecule has 84 valence electrons. The molecule has 0 saturated heterocycles. The normalized spacial score (nSPS) is 10.6. The molecule has 2 heterocycles. The second-order valence-electron chi connectivity index (χ2n) is 3.09. The summed E-state index contributed by atoms with van der Waals surface area (Å²) in [6, 6.07) is 1.53. The van der Waals surface area contributed by atoms with Gasteiger partial charge in [0.1, 0.15) is 5.82 Å². The van der Waals surface area contributed by atoms with Crippen LogP contribution in [0.4, 0.5) is 10.8 Å². The van der Waals surface area contributed by atoms with E-state index in [9.17, 15) is 10.1 Å². The zero-order valence-corrected chi connectivity index (χ0v) is 10.4. The minimum Gasteiger partial charge on any atom is -0.383 e. The number of nitro groups is 1. The first-order valence-electron chi connectivity index (χ1n) is 4.26. The maximum atomic E-state index is 10.5. The lowest BCUT2D eigenvalue weighted by molar-refractivity contribution is -0.380. The van der Waals surface area contributed by atoms with Crippen LogP contribution in [0.5, 0.6) is 0 Å². The fourth-order valence-electron chi connectivity index (χ4n) is 1.21. The molecule has 0 radical (unpaired) electrons. The minimum absolute atomic E-state index is 0.125. The molecular formula is C8H7BrN4O2S. The van der Waals surface area contributed by atoms with E-state index in [1.165, 1.54) is 6.07 Å². The van der Waals surface area contributed by atoms with Gasteiger partial charge in [-0.05, 0) is 21.5 Å². The third-order valence-corrected chi connectivity index (χ3v) is 3.53. The van der Waals surface area contributed by atoms with Crippen LogP contribution in [0.25, 0.3) is 0 Å². The number of halogens is 1. The number of rotatable bonds is 3. The number of aromatic nitrogens is 2. The van der Waals surface area contributed by atoms with Crippen molar-refractivity contribution in [1.29, 1.82) is 0 Å². The summed E-state index contributed by atoms with van der Waals surface area (Å²) in [7, 11) is 0. The number of anilines is 1. The molecule has 8 heteroatoms. The van der Waals surface area contributed by atoms with Crippen molar-refractivity contribution >= 4 is 38.1 Å². The largest absolute Gasteiger partial charge is 0.383 e. The van der Waals surface area contributed by atoms with Crippen LogP contribution in [0.15, 0.2) is 22.1 Å². The highest BCUT2D eigenvalue weighted by molar-refractivity contribution is 9.10. The average molecular weight is 303 g/mol. The highest BCUT2D eigenvalue weighted by atomic mass is 79.9. The number of thiophene rings is 1. The predicted octanol–water partition coefficient (Wildman–Crippen LogP) is 2.25. The van der Waals surface area contributed by atoms with Crippen molar-refractivity contribution in [3.05, 3.63) is 37.8 Å². The van der Waals surface area contributed by atoms with E-state index in [0.717, 1.165) is 21.4 Å². The van der Waals surface area contributed by atoms with Crippen molar-refractivity contribution in [2.24, 2.45) is 0 Å². The fraction of sp³-hybridized carbons (Fsp3) is 0.125. The van der Waals surface area contributed by atoms with Crippen LogP contribution in [0.3, 0.4) is 0 Å². The molecule has 0 atom stereocenters. The molecule has 0 unspecified atom stereocenters. The molecule has 0 aliphatic carbocycles. The van der Waals surface area contributed by atoms with E-state index >= 15 is 0 Å². The average Bonchev–Trinajstić information content (AvgIpc) is 2.81. The van der Waals surface area contributed by atoms with Crippen LogP contribution < -0.4 is 5.73 Å². The maximum absolute atomic E-state index is 10.5. The molecule has 0 spiro atoms. The van der Waals surface area contributed by atoms with E-state index in [1.807, 2.05) is 0 Å². The van der Waals surface area contributed by atoms with Crippen LogP contribution in [0.2, 0.25) is 0 Å². The first-order chi connectivity index (χ1) is 7.58. The highest BCUT2D eigenvalue weighted by Crippen LogP contribution is 2.25. The van der Waals surface area contributed by atoms with Crippen molar-refractivity contribution in [2.75, 3.05) is 5.73 Å². The lowest BCUT2D eigenvalue weighted by atomic mass is 10.3. The van der Waals surface area contributed by atoms with Crippen molar-refractivity contribution < 1.29 is 4.92 Å². The minimum atomic E-state index is -0.406. The van der Waals surface area contributed by atoms with Gasteiger partial charge in [-0.3, -0.25) is 10.1 Å². The highest BCUT2D eigenvalue weighted by Gasteiger charge is 2.11. The van der Waals surface area contributed by atoms with Gasteiger partial charge < -0.3 is 5.73 Å². The smallest absolute Gasteiger partial charge is 0.324 e. The monoisotopic (exact) mass is 302 g/mol. The van der Waals surface area contributed by atoms with E-state index in [0.29, 0.717) is 12.4 Å². The Morgan fingerprint density at radius 1 is 1.69 bits per heavy atom. The van der Waals surface area contributed by atoms with Gasteiger partial charge in [-0.2, -0.15) is 5.10 Å². The lowest BCUT2D eigenvalue weighted by Crippen LogP contribution is -2.05. The number of nitrogen functional groups attached to an aromatic ring is 1. The molecule has 2 aromatic heterocycles. The van der Waals surface area contributed by atoms with Gasteiger partial charge >= 0.3 is 5.00 Å². The molecule has 0 aliphatic heterocycles. The number of nitrogens with two attached hydrogens (primary N) is 1. The first-order valence-corrected chi connectivity index (χ1v) is 5.94. The van der Waals surface area contributed by atoms with Crippen LogP contribution in [-0.2, 0) is 6.54 Å². The molecule has 0 fully saturated rings. The van der Waals surface area contributed by atoms with E-state index in [2.05, 4.69) is 21.0 Å². The van der Waals surface area contributed by atoms with E-state index in [-0.39, 0.29) is 5.00 Å². The summed E-state index contributed by atoms with van der Waals surface area (Å²) in [5.41, 5.74) is 6.56. The summed E-state index contributed by atoms with van der Waals surface area (Å²) in [6.45, 7) is 0.432. The molecule has 0 saturated carbocycles. The Bertz CT molecular complexity index is 536. The van der Waals surface area contributed by atoms with Gasteiger partial charge in [0, 0.05) is 11.4 Å². The van der Waals surface area contributed by atoms with Crippen molar-refractivity contribution in [3.63, 3.8) is 0 Å². The van der Waals surface area contributed by atoms with E-state index in [1.54, 1.807) is 16.3 Å². The van der Waals surface area contributed by atoms with E-state index in [4.69, 9.17) is 5.73 Å². The predicted molar refractivity (Wildman–Crippen MR) is 64.4 cm³/mol. The zero-order chi connectivity index (χ0) is 11.7. The molecule has 0 aliphatic rings. The third kappa shape index (κ3) is 2.07. The Labute approximate surface area is 103 Å². The Balaban J connectivity index is 2.21. The summed E-state index contributed by atoms with van der Waals surface area (Å²) in [6.07, 6.45) is 1.59. The summed E-state index contributed by atoms with van der Waals surface area (Å²) in [4.78, 5) is 10.1. The van der Waals surface area contributed by atoms with Gasteiger partial charge in [-0.15, -0.1) is 0 Å². The molecule has 0 bridgehead atoms. The SMILES string of the molecule is Nc1c(Br)cnn1Cc1csc([N+](=O)[O-])c1. The first kappa shape index (κ1) is 11.1. The van der Waals surface area contributed by atoms with Gasteiger partial charge in [0.25, 0.3) is 0 Å². The Hall–Kier alpha value is -1.41. The maximum Gasteiger partial charge on any atom is 0.324 e. The molecule has 6 nitrogen and oxygen atoms in total. The van der Waals surface area contributed by atoms with Gasteiger partial charge in [-0.1, -0.05) is 11.3 Å². The number of hydrogen-bond donors (Lipinski definition) is 1. The van der Waals surface area contributed by atoms with Crippen LogP contribution in [-0.4, -0.2) is 14.7 Å². The summed E-state index contributed by atoms with van der Waals surface area (Å²) in [5.74, 6) is 0.508. The lowest BCUT2D eigenvalue weighted by Gasteiger charge is -2.00. The Morgan fingerprint density at radius 3 is 2.94 bits per heavy atom. The summed E-state index contributed by atoms with van der Waals surface area (Å²) >= 11 is 4.34. The van der Waals surface area contributed by atoms with Gasteiger partial charge in [0.15, 0.2) is 0 Å². The molecular weight excluding hydrogens is 296 g/mol. The molecule has 2 aromatic rings. The summed E-state index contributed by atoms with van der Waals surface area (Å²) in [5, 5.41) is 16.4. The zero-order valence-electron chi connectivity index (χ0n) is 7.96. The standard InChI is InChI=1S/C8H7BrN4O2S/c9-6-2-11-12(8(6)10)3-5-1-7(13(14)15)16-4-5/h1-2,4H,3,10H2. The molecule has 16 heavy (non-hydrogen) atoms. The van der Waals surface area contributed by atoms with Crippen LogP contribution in [0, 0.1) is 10.1 Å². The van der Waals surface area contributed by atoms with Crippen LogP contribution in [0.1, 0.15) is 5.56 Å². The second kappa shape index (κ2) is 4.22. The van der Waals surface area contributed by atoms with Gasteiger partial charge in [0.05, 0.1) is 22.1 Å². The topological polar surface area (TPSA) is 87.0 Å². The second-order valence-corrected chi connectivity index (χ2v) is 4.83. The van der Waals surface area contributed by atoms with Gasteiger partial charge in [0.2, 0.25) is 0 Å². The van der Waals surface area contributed by atoms with Crippen molar-refractivity contribution in [2.45, 2.75) is 6.54 Å². The van der Waals surface area contributed by atoms with Crippen LogP contribution >= 0.6 is 27.3 Å². The van der Waals surface area contributed by atoms with Crippen molar-refractivity contribution in [3.8, 4) is 0 Å². The van der Waals surface area contributed by atoms with E-state index < -0.39 is 4.92 Å². The van der Waals surface area contributed by atoms with Crippen molar-refractivity contribution in [1.82, 2.24) is 9.78 Å². The Kier molecular flexibility index (Phi) is 2.92. The van der Waals surface area contributed by atoms with Gasteiger partial charge in [-0.25, -0.2) is 4.68 Å². The Morgan fingerprint density at radius 2 is 2.44 bits per heavy atom. The molecule has 2 N–H and O–H groups in total. The summed E-state index contributed by atoms with van der Waals surface area (Å²) < 4.78 is 2.30. The number of nitrogens with zero attached hydrogens (tertiary/aromatic N) is 3.